The summed E-state index contributed by atoms with van der Waals surface area (Å²) in [6.07, 6.45) is -8.13. The van der Waals surface area contributed by atoms with E-state index < -0.39 is 66.1 Å². The fraction of sp³-hybridized carbons (Fsp3) is 0.471. The Morgan fingerprint density at radius 1 is 1.02 bits per heavy atom. The second-order valence-electron chi connectivity index (χ2n) is 12.7. The number of phenols is 3. The van der Waals surface area contributed by atoms with Gasteiger partial charge in [-0.05, 0) is 65.8 Å². The van der Waals surface area contributed by atoms with Crippen LogP contribution in [0.2, 0.25) is 0 Å². The van der Waals surface area contributed by atoms with Gasteiger partial charge in [-0.3, -0.25) is 0 Å². The minimum Gasteiger partial charge on any atom is -0.507 e. The van der Waals surface area contributed by atoms with Crippen molar-refractivity contribution < 1.29 is 55.1 Å². The second kappa shape index (κ2) is 12.9. The quantitative estimate of drug-likeness (QED) is 0.126. The van der Waals surface area contributed by atoms with Crippen LogP contribution in [0, 0.1) is 3.57 Å². The van der Waals surface area contributed by atoms with Crippen LogP contribution in [-0.4, -0.2) is 84.2 Å². The van der Waals surface area contributed by atoms with Crippen molar-refractivity contribution in [2.75, 3.05) is 7.11 Å². The molecule has 1 saturated heterocycles. The third-order valence-corrected chi connectivity index (χ3v) is 10.7. The highest BCUT2D eigenvalue weighted by atomic mass is 127. The first-order valence-electron chi connectivity index (χ1n) is 15.5. The molecule has 12 nitrogen and oxygen atoms in total. The molecule has 0 bridgehead atoms. The molecule has 1 fully saturated rings. The SMILES string of the molecule is COc1cccc2c1C(O)c1c(O)c3c(c(O)c1C2O)C[C@@](O)(C(C)O)C[C@@H]3OC1C[C@H](NCc2ccc(O)c(I)c2)[C@H](O)[C@H](C)O1. The summed E-state index contributed by atoms with van der Waals surface area (Å²) in [4.78, 5) is 0. The number of methoxy groups -OCH3 is 1. The van der Waals surface area contributed by atoms with Gasteiger partial charge >= 0.3 is 0 Å². The third-order valence-electron chi connectivity index (χ3n) is 9.83. The summed E-state index contributed by atoms with van der Waals surface area (Å²) in [6.45, 7) is 3.50. The lowest BCUT2D eigenvalue weighted by Crippen LogP contribution is -2.54. The summed E-state index contributed by atoms with van der Waals surface area (Å²) in [5.74, 6) is -0.393. The molecule has 0 radical (unpaired) electrons. The lowest BCUT2D eigenvalue weighted by molar-refractivity contribution is -0.253. The van der Waals surface area contributed by atoms with Crippen molar-refractivity contribution in [3.8, 4) is 23.0 Å². The van der Waals surface area contributed by atoms with E-state index in [2.05, 4.69) is 5.32 Å². The molecule has 3 aromatic rings. The maximum atomic E-state index is 11.8. The molecule has 9 N–H and O–H groups in total. The van der Waals surface area contributed by atoms with Crippen LogP contribution < -0.4 is 10.1 Å². The fourth-order valence-corrected chi connectivity index (χ4v) is 7.73. The van der Waals surface area contributed by atoms with Crippen molar-refractivity contribution in [2.24, 2.45) is 0 Å². The van der Waals surface area contributed by atoms with E-state index in [1.165, 1.54) is 14.0 Å². The Morgan fingerprint density at radius 2 is 1.74 bits per heavy atom. The van der Waals surface area contributed by atoms with E-state index in [0.717, 1.165) is 5.56 Å². The van der Waals surface area contributed by atoms with Crippen LogP contribution in [0.4, 0.5) is 0 Å². The highest BCUT2D eigenvalue weighted by Crippen LogP contribution is 2.57. The number of hydrogen-bond acceptors (Lipinski definition) is 12. The Labute approximate surface area is 285 Å². The van der Waals surface area contributed by atoms with Gasteiger partial charge in [-0.1, -0.05) is 18.2 Å². The van der Waals surface area contributed by atoms with Crippen LogP contribution in [0.5, 0.6) is 23.0 Å². The average Bonchev–Trinajstić information content (AvgIpc) is 3.03. The molecule has 0 saturated carbocycles. The minimum atomic E-state index is -1.79. The van der Waals surface area contributed by atoms with Gasteiger partial charge in [0, 0.05) is 59.7 Å². The van der Waals surface area contributed by atoms with Crippen LogP contribution in [-0.2, 0) is 22.4 Å². The number of aromatic hydroxyl groups is 3. The van der Waals surface area contributed by atoms with Crippen molar-refractivity contribution in [3.63, 3.8) is 0 Å². The van der Waals surface area contributed by atoms with Gasteiger partial charge in [0.25, 0.3) is 0 Å². The summed E-state index contributed by atoms with van der Waals surface area (Å²) < 4.78 is 18.6. The Kier molecular flexibility index (Phi) is 9.41. The van der Waals surface area contributed by atoms with Gasteiger partial charge in [-0.25, -0.2) is 0 Å². The number of aliphatic hydroxyl groups is 5. The van der Waals surface area contributed by atoms with E-state index >= 15 is 0 Å². The van der Waals surface area contributed by atoms with Gasteiger partial charge in [-0.15, -0.1) is 0 Å². The third kappa shape index (κ3) is 5.95. The van der Waals surface area contributed by atoms with E-state index in [1.54, 1.807) is 37.3 Å². The van der Waals surface area contributed by atoms with E-state index in [9.17, 15) is 40.9 Å². The number of hydrogen-bond donors (Lipinski definition) is 9. The lowest BCUT2D eigenvalue weighted by atomic mass is 9.71. The Morgan fingerprint density at radius 3 is 2.43 bits per heavy atom. The van der Waals surface area contributed by atoms with E-state index in [4.69, 9.17) is 14.2 Å². The first-order chi connectivity index (χ1) is 22.2. The summed E-state index contributed by atoms with van der Waals surface area (Å²) >= 11 is 2.04. The zero-order chi connectivity index (χ0) is 33.9. The van der Waals surface area contributed by atoms with Crippen LogP contribution in [0.25, 0.3) is 0 Å². The summed E-state index contributed by atoms with van der Waals surface area (Å²) in [5, 5.41) is 92.9. The molecular formula is C34H40INO11. The Bertz CT molecular complexity index is 1670. The van der Waals surface area contributed by atoms with Crippen molar-refractivity contribution in [1.82, 2.24) is 5.32 Å². The van der Waals surface area contributed by atoms with Gasteiger partial charge in [0.15, 0.2) is 6.29 Å². The van der Waals surface area contributed by atoms with Crippen LogP contribution >= 0.6 is 22.6 Å². The molecule has 1 heterocycles. The summed E-state index contributed by atoms with van der Waals surface area (Å²) in [5.41, 5.74) is -0.418. The van der Waals surface area contributed by atoms with Gasteiger partial charge in [-0.2, -0.15) is 0 Å². The number of aliphatic hydroxyl groups excluding tert-OH is 4. The molecule has 1 aliphatic heterocycles. The number of nitrogens with one attached hydrogen (secondary N) is 1. The second-order valence-corrected chi connectivity index (χ2v) is 13.9. The largest absolute Gasteiger partial charge is 0.507 e. The molecule has 6 rings (SSSR count). The van der Waals surface area contributed by atoms with Crippen LogP contribution in [0.15, 0.2) is 36.4 Å². The minimum absolute atomic E-state index is 0.0685. The summed E-state index contributed by atoms with van der Waals surface area (Å²) in [7, 11) is 1.42. The highest BCUT2D eigenvalue weighted by Gasteiger charge is 2.49. The molecular weight excluding hydrogens is 725 g/mol. The molecule has 13 heteroatoms. The van der Waals surface area contributed by atoms with Gasteiger partial charge < -0.3 is 60.4 Å². The van der Waals surface area contributed by atoms with Gasteiger partial charge in [0.1, 0.15) is 35.2 Å². The Hall–Kier alpha value is -2.73. The highest BCUT2D eigenvalue weighted by molar-refractivity contribution is 14.1. The first kappa shape index (κ1) is 34.1. The number of ether oxygens (including phenoxy) is 3. The van der Waals surface area contributed by atoms with Crippen LogP contribution in [0.3, 0.4) is 0 Å². The average molecular weight is 766 g/mol. The zero-order valence-electron chi connectivity index (χ0n) is 26.1. The van der Waals surface area contributed by atoms with Crippen molar-refractivity contribution in [3.05, 3.63) is 78.9 Å². The number of phenolic OH excluding ortho intramolecular Hbond substituents is 3. The van der Waals surface area contributed by atoms with E-state index in [0.29, 0.717) is 10.1 Å². The molecule has 47 heavy (non-hydrogen) atoms. The number of halogens is 1. The summed E-state index contributed by atoms with van der Waals surface area (Å²) in [6, 6.07) is 9.57. The molecule has 3 aliphatic rings. The number of fused-ring (bicyclic) bond motifs is 3. The van der Waals surface area contributed by atoms with Crippen molar-refractivity contribution in [2.45, 2.75) is 94.2 Å². The number of benzene rings is 3. The molecule has 3 aromatic carbocycles. The van der Waals surface area contributed by atoms with Crippen LogP contribution in [0.1, 0.15) is 83.9 Å². The zero-order valence-corrected chi connectivity index (χ0v) is 28.2. The molecule has 4 unspecified atom stereocenters. The smallest absolute Gasteiger partial charge is 0.160 e. The standard InChI is InChI=1S/C34H40INO11/c1-14-29(39)20(36-13-16-7-8-21(38)19(35)9-16)10-24(46-14)47-23-12-34(44,15(2)37)11-18-26(23)33(43)28-27(31(18)41)30(40)17-5-4-6-22(45-3)25(17)32(28)42/h4-9,14-15,20,23-24,29-30,32,36-44H,10-13H2,1-3H3/t14-,15?,20-,23-,24?,29+,30?,32?,34-/m0/s1. The fourth-order valence-electron chi connectivity index (χ4n) is 7.15. The molecule has 0 spiro atoms. The van der Waals surface area contributed by atoms with E-state index in [-0.39, 0.29) is 64.1 Å². The number of rotatable bonds is 7. The maximum Gasteiger partial charge on any atom is 0.160 e. The first-order valence-corrected chi connectivity index (χ1v) is 16.6. The normalized spacial score (nSPS) is 30.6. The van der Waals surface area contributed by atoms with Crippen molar-refractivity contribution >= 4 is 22.6 Å². The molecule has 0 amide bonds. The monoisotopic (exact) mass is 765 g/mol. The molecule has 9 atom stereocenters. The predicted octanol–water partition coefficient (Wildman–Crippen LogP) is 2.66. The molecule has 2 aliphatic carbocycles. The van der Waals surface area contributed by atoms with Crippen molar-refractivity contribution in [1.29, 1.82) is 0 Å². The Balaban J connectivity index is 1.36. The maximum absolute atomic E-state index is 11.8. The lowest BCUT2D eigenvalue weighted by Gasteiger charge is -2.45. The van der Waals surface area contributed by atoms with Gasteiger partial charge in [0.2, 0.25) is 0 Å². The van der Waals surface area contributed by atoms with Gasteiger partial charge in [0.05, 0.1) is 40.7 Å². The van der Waals surface area contributed by atoms with E-state index in [1.807, 2.05) is 28.7 Å². The predicted molar refractivity (Wildman–Crippen MR) is 176 cm³/mol. The topological polar surface area (TPSA) is 202 Å². The molecule has 254 valence electrons. The molecule has 0 aromatic heterocycles.